The van der Waals surface area contributed by atoms with Crippen molar-refractivity contribution in [1.29, 1.82) is 0 Å². The van der Waals surface area contributed by atoms with E-state index in [0.29, 0.717) is 0 Å². The Kier molecular flexibility index (Phi) is 3.52. The quantitative estimate of drug-likeness (QED) is 0.319. The van der Waals surface area contributed by atoms with Crippen molar-refractivity contribution in [3.05, 3.63) is 109 Å². The first-order valence-corrected chi connectivity index (χ1v) is 10.7. The standard InChI is InChI=1S/C28H18N4/c1-2-10-20-19(9-1)17-18-23-28(20)30-32(29-23)27-16-8-7-15-26(27)31-24-13-5-3-11-21(24)22-12-4-6-14-25(22)31/h1-18H. The molecule has 0 bridgehead atoms. The van der Waals surface area contributed by atoms with Crippen LogP contribution in [0.1, 0.15) is 0 Å². The van der Waals surface area contributed by atoms with Crippen LogP contribution in [-0.4, -0.2) is 19.6 Å². The molecule has 0 radical (unpaired) electrons. The molecule has 150 valence electrons. The third-order valence-corrected chi connectivity index (χ3v) is 6.19. The van der Waals surface area contributed by atoms with E-state index in [0.717, 1.165) is 27.8 Å². The van der Waals surface area contributed by atoms with Gasteiger partial charge in [0.25, 0.3) is 0 Å². The van der Waals surface area contributed by atoms with E-state index in [2.05, 4.69) is 95.6 Å². The van der Waals surface area contributed by atoms with Gasteiger partial charge in [0.15, 0.2) is 0 Å². The van der Waals surface area contributed by atoms with E-state index in [4.69, 9.17) is 10.2 Å². The molecule has 0 fully saturated rings. The van der Waals surface area contributed by atoms with Crippen LogP contribution in [0.3, 0.4) is 0 Å². The Morgan fingerprint density at radius 2 is 1.06 bits per heavy atom. The zero-order valence-corrected chi connectivity index (χ0v) is 17.2. The van der Waals surface area contributed by atoms with Gasteiger partial charge in [0.05, 0.1) is 16.7 Å². The Bertz CT molecular complexity index is 1740. The average molecular weight is 410 g/mol. The van der Waals surface area contributed by atoms with Gasteiger partial charge in [-0.1, -0.05) is 78.9 Å². The van der Waals surface area contributed by atoms with Gasteiger partial charge in [-0.05, 0) is 35.7 Å². The summed E-state index contributed by atoms with van der Waals surface area (Å²) >= 11 is 0. The molecule has 7 rings (SSSR count). The summed E-state index contributed by atoms with van der Waals surface area (Å²) in [6.45, 7) is 0. The first kappa shape index (κ1) is 17.3. The highest BCUT2D eigenvalue weighted by Gasteiger charge is 2.16. The molecule has 4 nitrogen and oxygen atoms in total. The summed E-state index contributed by atoms with van der Waals surface area (Å²) in [7, 11) is 0. The van der Waals surface area contributed by atoms with Crippen LogP contribution >= 0.6 is 0 Å². The molecule has 0 N–H and O–H groups in total. The SMILES string of the molecule is c1ccc(-n2c3ccccc3c3ccccc32)c(-n2nc3ccc4ccccc4c3n2)c1. The fourth-order valence-electron chi connectivity index (χ4n) is 4.76. The smallest absolute Gasteiger partial charge is 0.121 e. The molecule has 32 heavy (non-hydrogen) atoms. The highest BCUT2D eigenvalue weighted by atomic mass is 15.5. The van der Waals surface area contributed by atoms with Crippen LogP contribution in [0.5, 0.6) is 0 Å². The minimum Gasteiger partial charge on any atom is -0.307 e. The highest BCUT2D eigenvalue weighted by Crippen LogP contribution is 2.34. The van der Waals surface area contributed by atoms with Gasteiger partial charge in [0, 0.05) is 16.2 Å². The van der Waals surface area contributed by atoms with Crippen molar-refractivity contribution in [2.24, 2.45) is 0 Å². The van der Waals surface area contributed by atoms with E-state index in [1.54, 1.807) is 4.80 Å². The molecule has 5 aromatic carbocycles. The minimum absolute atomic E-state index is 0.890. The molecule has 0 aliphatic rings. The maximum Gasteiger partial charge on any atom is 0.121 e. The van der Waals surface area contributed by atoms with Crippen LogP contribution in [0.15, 0.2) is 109 Å². The number of fused-ring (bicyclic) bond motifs is 6. The molecule has 7 aromatic rings. The van der Waals surface area contributed by atoms with Crippen molar-refractivity contribution in [2.45, 2.75) is 0 Å². The summed E-state index contributed by atoms with van der Waals surface area (Å²) in [5.74, 6) is 0. The van der Waals surface area contributed by atoms with E-state index in [1.165, 1.54) is 27.2 Å². The van der Waals surface area contributed by atoms with Gasteiger partial charge in [0.2, 0.25) is 0 Å². The molecule has 0 amide bonds. The molecule has 0 saturated heterocycles. The van der Waals surface area contributed by atoms with Crippen LogP contribution in [0.25, 0.3) is 55.0 Å². The second-order valence-corrected chi connectivity index (χ2v) is 8.00. The second kappa shape index (κ2) is 6.53. The van der Waals surface area contributed by atoms with Crippen molar-refractivity contribution in [1.82, 2.24) is 19.6 Å². The number of hydrogen-bond donors (Lipinski definition) is 0. The fourth-order valence-corrected chi connectivity index (χ4v) is 4.76. The van der Waals surface area contributed by atoms with Gasteiger partial charge >= 0.3 is 0 Å². The van der Waals surface area contributed by atoms with Crippen molar-refractivity contribution >= 4 is 43.6 Å². The number of benzene rings is 5. The van der Waals surface area contributed by atoms with Crippen molar-refractivity contribution < 1.29 is 0 Å². The van der Waals surface area contributed by atoms with Crippen LogP contribution in [0, 0.1) is 0 Å². The lowest BCUT2D eigenvalue weighted by Gasteiger charge is -2.12. The molecule has 0 atom stereocenters. The molecule has 0 unspecified atom stereocenters. The third-order valence-electron chi connectivity index (χ3n) is 6.19. The van der Waals surface area contributed by atoms with E-state index >= 15 is 0 Å². The Hall–Kier alpha value is -4.44. The molecule has 0 spiro atoms. The van der Waals surface area contributed by atoms with Gasteiger partial charge in [-0.15, -0.1) is 15.0 Å². The maximum atomic E-state index is 4.93. The van der Waals surface area contributed by atoms with E-state index in [1.807, 2.05) is 18.2 Å². The lowest BCUT2D eigenvalue weighted by molar-refractivity contribution is 0.761. The minimum atomic E-state index is 0.890. The number of rotatable bonds is 2. The molecule has 0 aliphatic carbocycles. The predicted octanol–water partition coefficient (Wildman–Crippen LogP) is 6.67. The predicted molar refractivity (Wildman–Crippen MR) is 131 cm³/mol. The Labute approximate surface area is 183 Å². The fraction of sp³-hybridized carbons (Fsp3) is 0. The maximum absolute atomic E-state index is 4.93. The Morgan fingerprint density at radius 1 is 0.469 bits per heavy atom. The molecule has 0 aliphatic heterocycles. The summed E-state index contributed by atoms with van der Waals surface area (Å²) in [6, 6.07) is 37.9. The summed E-state index contributed by atoms with van der Waals surface area (Å²) < 4.78 is 2.31. The summed E-state index contributed by atoms with van der Waals surface area (Å²) in [5, 5.41) is 14.6. The second-order valence-electron chi connectivity index (χ2n) is 8.00. The lowest BCUT2D eigenvalue weighted by Crippen LogP contribution is -2.05. The van der Waals surface area contributed by atoms with Gasteiger partial charge in [-0.2, -0.15) is 0 Å². The highest BCUT2D eigenvalue weighted by molar-refractivity contribution is 6.09. The zero-order chi connectivity index (χ0) is 21.1. The molecule has 2 aromatic heterocycles. The van der Waals surface area contributed by atoms with Crippen LogP contribution in [-0.2, 0) is 0 Å². The third kappa shape index (κ3) is 2.38. The summed E-state index contributed by atoms with van der Waals surface area (Å²) in [5.41, 5.74) is 6.14. The topological polar surface area (TPSA) is 35.6 Å². The Balaban J connectivity index is 1.55. The normalized spacial score (nSPS) is 11.8. The number of aromatic nitrogens is 4. The summed E-state index contributed by atoms with van der Waals surface area (Å²) in [6.07, 6.45) is 0. The lowest BCUT2D eigenvalue weighted by atomic mass is 10.1. The van der Waals surface area contributed by atoms with E-state index in [9.17, 15) is 0 Å². The van der Waals surface area contributed by atoms with Crippen molar-refractivity contribution in [3.63, 3.8) is 0 Å². The molecule has 2 heterocycles. The molecular formula is C28H18N4. The largest absolute Gasteiger partial charge is 0.307 e. The first-order valence-electron chi connectivity index (χ1n) is 10.7. The molecular weight excluding hydrogens is 392 g/mol. The van der Waals surface area contributed by atoms with Crippen LogP contribution in [0.2, 0.25) is 0 Å². The van der Waals surface area contributed by atoms with E-state index in [-0.39, 0.29) is 0 Å². The molecule has 4 heteroatoms. The monoisotopic (exact) mass is 410 g/mol. The van der Waals surface area contributed by atoms with Gasteiger partial charge in [-0.25, -0.2) is 0 Å². The first-order chi connectivity index (χ1) is 15.9. The number of hydrogen-bond acceptors (Lipinski definition) is 2. The average Bonchev–Trinajstić information content (AvgIpc) is 3.44. The van der Waals surface area contributed by atoms with Crippen molar-refractivity contribution in [3.8, 4) is 11.4 Å². The number of para-hydroxylation sites is 4. The number of nitrogens with zero attached hydrogens (tertiary/aromatic N) is 4. The zero-order valence-electron chi connectivity index (χ0n) is 17.2. The van der Waals surface area contributed by atoms with Crippen LogP contribution < -0.4 is 0 Å². The Morgan fingerprint density at radius 3 is 1.81 bits per heavy atom. The van der Waals surface area contributed by atoms with Gasteiger partial charge in [0.1, 0.15) is 16.7 Å². The summed E-state index contributed by atoms with van der Waals surface area (Å²) in [4.78, 5) is 1.77. The molecule has 0 saturated carbocycles. The van der Waals surface area contributed by atoms with Crippen molar-refractivity contribution in [2.75, 3.05) is 0 Å². The van der Waals surface area contributed by atoms with Gasteiger partial charge in [-0.3, -0.25) is 0 Å². The van der Waals surface area contributed by atoms with Gasteiger partial charge < -0.3 is 4.57 Å². The van der Waals surface area contributed by atoms with Crippen LogP contribution in [0.4, 0.5) is 0 Å². The van der Waals surface area contributed by atoms with E-state index < -0.39 is 0 Å².